The van der Waals surface area contributed by atoms with Gasteiger partial charge in [-0.1, -0.05) is 86.6 Å². The Balaban J connectivity index is 1.33. The van der Waals surface area contributed by atoms with Crippen molar-refractivity contribution in [1.82, 2.24) is 0 Å². The standard InChI is InChI=1S/C34H27NO/c1-34(2)30-14-8-6-12-26(30)27-18-16-23(21-31(27)34)35(3)22-17-19-33-29(20-22)25-11-5-4-10-24(25)28-13-7-9-15-32(28)36-33/h4-21H,1-3H3. The lowest BCUT2D eigenvalue weighted by Crippen LogP contribution is -2.16. The third-order valence-electron chi connectivity index (χ3n) is 7.92. The van der Waals surface area contributed by atoms with Gasteiger partial charge in [0.25, 0.3) is 0 Å². The second-order valence-corrected chi connectivity index (χ2v) is 10.3. The van der Waals surface area contributed by atoms with Crippen molar-refractivity contribution < 1.29 is 4.74 Å². The maximum atomic E-state index is 6.43. The minimum absolute atomic E-state index is 0.0187. The molecule has 2 aliphatic rings. The molecule has 2 heteroatoms. The summed E-state index contributed by atoms with van der Waals surface area (Å²) in [6.45, 7) is 4.66. The largest absolute Gasteiger partial charge is 0.456 e. The van der Waals surface area contributed by atoms with Crippen LogP contribution < -0.4 is 9.64 Å². The molecule has 7 rings (SSSR count). The summed E-state index contributed by atoms with van der Waals surface area (Å²) in [6.07, 6.45) is 0. The molecule has 0 amide bonds. The Morgan fingerprint density at radius 3 is 1.86 bits per heavy atom. The molecule has 0 saturated carbocycles. The third kappa shape index (κ3) is 2.97. The molecule has 0 bridgehead atoms. The first-order chi connectivity index (χ1) is 17.5. The fraction of sp³-hybridized carbons (Fsp3) is 0.118. The average molecular weight is 466 g/mol. The van der Waals surface area contributed by atoms with Crippen molar-refractivity contribution in [1.29, 1.82) is 0 Å². The van der Waals surface area contributed by atoms with Crippen LogP contribution in [0.25, 0.3) is 33.4 Å². The van der Waals surface area contributed by atoms with E-state index in [2.05, 4.69) is 123 Å². The van der Waals surface area contributed by atoms with Gasteiger partial charge in [0, 0.05) is 35.0 Å². The number of benzene rings is 5. The van der Waals surface area contributed by atoms with E-state index in [0.29, 0.717) is 0 Å². The van der Waals surface area contributed by atoms with Crippen LogP contribution in [-0.4, -0.2) is 7.05 Å². The van der Waals surface area contributed by atoms with Gasteiger partial charge < -0.3 is 9.64 Å². The quantitative estimate of drug-likeness (QED) is 0.253. The highest BCUT2D eigenvalue weighted by Gasteiger charge is 2.35. The van der Waals surface area contributed by atoms with Crippen LogP contribution in [-0.2, 0) is 5.41 Å². The second kappa shape index (κ2) is 7.60. The number of hydrogen-bond acceptors (Lipinski definition) is 2. The SMILES string of the molecule is CN(c1ccc2c(c1)-c1ccccc1-c1ccccc1O2)c1ccc2c(c1)C(C)(C)c1ccccc1-2. The Bertz CT molecular complexity index is 1660. The highest BCUT2D eigenvalue weighted by molar-refractivity contribution is 5.92. The van der Waals surface area contributed by atoms with Gasteiger partial charge in [0.05, 0.1) is 0 Å². The van der Waals surface area contributed by atoms with E-state index in [-0.39, 0.29) is 5.41 Å². The molecule has 1 heterocycles. The fourth-order valence-electron chi connectivity index (χ4n) is 5.93. The normalized spacial score (nSPS) is 13.9. The molecule has 0 N–H and O–H groups in total. The summed E-state index contributed by atoms with van der Waals surface area (Å²) in [4.78, 5) is 2.28. The van der Waals surface area contributed by atoms with Gasteiger partial charge in [-0.3, -0.25) is 0 Å². The lowest BCUT2D eigenvalue weighted by molar-refractivity contribution is 0.488. The summed E-state index contributed by atoms with van der Waals surface area (Å²) < 4.78 is 6.43. The van der Waals surface area contributed by atoms with Gasteiger partial charge in [0.15, 0.2) is 0 Å². The second-order valence-electron chi connectivity index (χ2n) is 10.3. The molecule has 0 radical (unpaired) electrons. The Hall–Kier alpha value is -4.30. The van der Waals surface area contributed by atoms with E-state index >= 15 is 0 Å². The molecular weight excluding hydrogens is 438 g/mol. The summed E-state index contributed by atoms with van der Waals surface area (Å²) in [7, 11) is 2.15. The molecule has 5 aromatic carbocycles. The summed E-state index contributed by atoms with van der Waals surface area (Å²) in [5.74, 6) is 1.78. The van der Waals surface area contributed by atoms with E-state index in [1.807, 2.05) is 12.1 Å². The topological polar surface area (TPSA) is 12.5 Å². The minimum Gasteiger partial charge on any atom is -0.456 e. The zero-order chi connectivity index (χ0) is 24.4. The Morgan fingerprint density at radius 1 is 0.500 bits per heavy atom. The van der Waals surface area contributed by atoms with E-state index in [9.17, 15) is 0 Å². The van der Waals surface area contributed by atoms with Crippen LogP contribution >= 0.6 is 0 Å². The van der Waals surface area contributed by atoms with Gasteiger partial charge in [0.1, 0.15) is 11.5 Å². The van der Waals surface area contributed by atoms with Gasteiger partial charge in [-0.2, -0.15) is 0 Å². The van der Waals surface area contributed by atoms with Crippen molar-refractivity contribution in [3.8, 4) is 44.9 Å². The van der Waals surface area contributed by atoms with Gasteiger partial charge in [-0.15, -0.1) is 0 Å². The molecule has 1 aliphatic carbocycles. The Labute approximate surface area is 212 Å². The van der Waals surface area contributed by atoms with Crippen molar-refractivity contribution in [2.45, 2.75) is 19.3 Å². The molecule has 1 aliphatic heterocycles. The molecule has 36 heavy (non-hydrogen) atoms. The predicted octanol–water partition coefficient (Wildman–Crippen LogP) is 9.20. The van der Waals surface area contributed by atoms with Crippen LogP contribution in [0.4, 0.5) is 11.4 Å². The van der Waals surface area contributed by atoms with Gasteiger partial charge in [-0.05, 0) is 69.8 Å². The number of nitrogens with zero attached hydrogens (tertiary/aromatic N) is 1. The first-order valence-electron chi connectivity index (χ1n) is 12.5. The summed E-state index contributed by atoms with van der Waals surface area (Å²) in [5.41, 5.74) is 12.4. The zero-order valence-corrected chi connectivity index (χ0v) is 20.7. The molecule has 5 aromatic rings. The van der Waals surface area contributed by atoms with E-state index in [1.165, 1.54) is 39.1 Å². The van der Waals surface area contributed by atoms with E-state index in [1.54, 1.807) is 0 Å². The summed E-state index contributed by atoms with van der Waals surface area (Å²) in [5, 5.41) is 0. The van der Waals surface area contributed by atoms with Crippen molar-refractivity contribution in [3.63, 3.8) is 0 Å². The molecule has 0 atom stereocenters. The first kappa shape index (κ1) is 21.0. The lowest BCUT2D eigenvalue weighted by Gasteiger charge is -2.25. The highest BCUT2D eigenvalue weighted by Crippen LogP contribution is 2.51. The van der Waals surface area contributed by atoms with Gasteiger partial charge in [-0.25, -0.2) is 0 Å². The van der Waals surface area contributed by atoms with Gasteiger partial charge >= 0.3 is 0 Å². The van der Waals surface area contributed by atoms with Crippen LogP contribution in [0, 0.1) is 0 Å². The summed E-state index contributed by atoms with van der Waals surface area (Å²) in [6, 6.07) is 39.1. The maximum Gasteiger partial charge on any atom is 0.135 e. The number of ether oxygens (including phenoxy) is 1. The highest BCUT2D eigenvalue weighted by atomic mass is 16.5. The number of fused-ring (bicyclic) bond motifs is 8. The van der Waals surface area contributed by atoms with Crippen LogP contribution in [0.5, 0.6) is 11.5 Å². The van der Waals surface area contributed by atoms with Crippen molar-refractivity contribution in [3.05, 3.63) is 120 Å². The Kier molecular flexibility index (Phi) is 4.44. The van der Waals surface area contributed by atoms with Crippen LogP contribution in [0.3, 0.4) is 0 Å². The van der Waals surface area contributed by atoms with Crippen LogP contribution in [0.1, 0.15) is 25.0 Å². The molecule has 0 aromatic heterocycles. The van der Waals surface area contributed by atoms with Crippen molar-refractivity contribution in [2.75, 3.05) is 11.9 Å². The molecule has 0 spiro atoms. The lowest BCUT2D eigenvalue weighted by atomic mass is 9.82. The molecule has 174 valence electrons. The predicted molar refractivity (Wildman–Crippen MR) is 149 cm³/mol. The maximum absolute atomic E-state index is 6.43. The number of para-hydroxylation sites is 1. The van der Waals surface area contributed by atoms with Crippen LogP contribution in [0.2, 0.25) is 0 Å². The van der Waals surface area contributed by atoms with E-state index in [4.69, 9.17) is 4.74 Å². The van der Waals surface area contributed by atoms with E-state index < -0.39 is 0 Å². The number of anilines is 2. The minimum atomic E-state index is -0.0187. The van der Waals surface area contributed by atoms with Crippen molar-refractivity contribution >= 4 is 11.4 Å². The summed E-state index contributed by atoms with van der Waals surface area (Å²) >= 11 is 0. The zero-order valence-electron chi connectivity index (χ0n) is 20.7. The first-order valence-corrected chi connectivity index (χ1v) is 12.5. The molecule has 0 fully saturated rings. The number of rotatable bonds is 2. The molecular formula is C34H27NO. The molecule has 0 unspecified atom stereocenters. The smallest absolute Gasteiger partial charge is 0.135 e. The average Bonchev–Trinajstić information content (AvgIpc) is 3.05. The van der Waals surface area contributed by atoms with E-state index in [0.717, 1.165) is 28.3 Å². The number of hydrogen-bond donors (Lipinski definition) is 0. The Morgan fingerprint density at radius 2 is 1.06 bits per heavy atom. The van der Waals surface area contributed by atoms with Crippen LogP contribution in [0.15, 0.2) is 109 Å². The third-order valence-corrected chi connectivity index (χ3v) is 7.92. The monoisotopic (exact) mass is 465 g/mol. The van der Waals surface area contributed by atoms with Gasteiger partial charge in [0.2, 0.25) is 0 Å². The fourth-order valence-corrected chi connectivity index (χ4v) is 5.93. The molecule has 2 nitrogen and oxygen atoms in total. The van der Waals surface area contributed by atoms with Crippen molar-refractivity contribution in [2.24, 2.45) is 0 Å². The molecule has 0 saturated heterocycles.